The normalized spacial score (nSPS) is 11.4. The Kier molecular flexibility index (Phi) is 8.07. The van der Waals surface area contributed by atoms with Gasteiger partial charge in [-0.05, 0) is 82.4 Å². The van der Waals surface area contributed by atoms with Crippen molar-refractivity contribution in [2.45, 2.75) is 0 Å². The van der Waals surface area contributed by atoms with Gasteiger partial charge in [0.15, 0.2) is 17.5 Å². The SMILES string of the molecule is c1ccc(-c2cccc(-c3nc(-c4ccc(-n5c6ccccc6n6c7ccccc7c(-c7ccccc7)c56)cc4)nc(-c4cccc(-c5ccccc5)c4)n3)c2)cc1. The molecule has 11 rings (SSSR count). The third-order valence-electron chi connectivity index (χ3n) is 11.0. The quantitative estimate of drug-likeness (QED) is 0.163. The summed E-state index contributed by atoms with van der Waals surface area (Å²) in [5.74, 6) is 1.86. The van der Waals surface area contributed by atoms with Gasteiger partial charge in [-0.25, -0.2) is 15.0 Å². The van der Waals surface area contributed by atoms with Gasteiger partial charge in [-0.1, -0.05) is 158 Å². The third-order valence-corrected chi connectivity index (χ3v) is 11.0. The lowest BCUT2D eigenvalue weighted by Crippen LogP contribution is -2.01. The van der Waals surface area contributed by atoms with Crippen molar-refractivity contribution in [3.63, 3.8) is 0 Å². The van der Waals surface area contributed by atoms with Crippen LogP contribution in [0.5, 0.6) is 0 Å². The molecule has 0 saturated heterocycles. The fraction of sp³-hybridized carbons (Fsp3) is 0. The van der Waals surface area contributed by atoms with Crippen LogP contribution in [0.4, 0.5) is 0 Å². The molecule has 0 aliphatic carbocycles. The van der Waals surface area contributed by atoms with Crippen LogP contribution in [-0.4, -0.2) is 23.9 Å². The molecule has 0 amide bonds. The summed E-state index contributed by atoms with van der Waals surface area (Å²) in [6.07, 6.45) is 0. The Morgan fingerprint density at radius 1 is 0.293 bits per heavy atom. The van der Waals surface area contributed by atoms with Crippen LogP contribution in [-0.2, 0) is 0 Å². The molecule has 8 aromatic carbocycles. The molecule has 0 unspecified atom stereocenters. The molecule has 0 saturated carbocycles. The zero-order valence-corrected chi connectivity index (χ0v) is 31.4. The van der Waals surface area contributed by atoms with Crippen molar-refractivity contribution in [2.75, 3.05) is 0 Å². The second-order valence-electron chi connectivity index (χ2n) is 14.5. The molecule has 0 atom stereocenters. The number of nitrogens with zero attached hydrogens (tertiary/aromatic N) is 5. The average molecular weight is 742 g/mol. The smallest absolute Gasteiger partial charge is 0.164 e. The summed E-state index contributed by atoms with van der Waals surface area (Å²) >= 11 is 0. The Morgan fingerprint density at radius 2 is 0.724 bits per heavy atom. The lowest BCUT2D eigenvalue weighted by atomic mass is 10.0. The van der Waals surface area contributed by atoms with E-state index in [4.69, 9.17) is 15.0 Å². The summed E-state index contributed by atoms with van der Waals surface area (Å²) in [5, 5.41) is 1.22. The van der Waals surface area contributed by atoms with Gasteiger partial charge >= 0.3 is 0 Å². The highest BCUT2D eigenvalue weighted by Crippen LogP contribution is 2.41. The number of imidazole rings is 1. The van der Waals surface area contributed by atoms with Gasteiger partial charge in [0.1, 0.15) is 5.65 Å². The van der Waals surface area contributed by atoms with E-state index in [1.165, 1.54) is 22.0 Å². The van der Waals surface area contributed by atoms with Crippen LogP contribution in [0, 0.1) is 0 Å². The second kappa shape index (κ2) is 14.0. The molecule has 5 heteroatoms. The largest absolute Gasteiger partial charge is 0.293 e. The highest BCUT2D eigenvalue weighted by molar-refractivity contribution is 6.09. The van der Waals surface area contributed by atoms with Crippen molar-refractivity contribution in [3.05, 3.63) is 212 Å². The van der Waals surface area contributed by atoms with Crippen LogP contribution < -0.4 is 0 Å². The predicted molar refractivity (Wildman–Crippen MR) is 238 cm³/mol. The van der Waals surface area contributed by atoms with Crippen LogP contribution >= 0.6 is 0 Å². The van der Waals surface area contributed by atoms with E-state index in [9.17, 15) is 0 Å². The molecule has 3 heterocycles. The van der Waals surface area contributed by atoms with Crippen molar-refractivity contribution < 1.29 is 0 Å². The first kappa shape index (κ1) is 33.4. The summed E-state index contributed by atoms with van der Waals surface area (Å²) in [4.78, 5) is 15.4. The monoisotopic (exact) mass is 741 g/mol. The second-order valence-corrected chi connectivity index (χ2v) is 14.5. The van der Waals surface area contributed by atoms with Crippen molar-refractivity contribution in [3.8, 4) is 73.2 Å². The summed E-state index contributed by atoms with van der Waals surface area (Å²) in [6.45, 7) is 0. The zero-order chi connectivity index (χ0) is 38.4. The molecule has 0 aliphatic rings. The topological polar surface area (TPSA) is 48.0 Å². The summed E-state index contributed by atoms with van der Waals surface area (Å²) in [5.41, 5.74) is 15.3. The Balaban J connectivity index is 1.08. The predicted octanol–water partition coefficient (Wildman–Crippen LogP) is 13.2. The Hall–Kier alpha value is -7.89. The van der Waals surface area contributed by atoms with Crippen LogP contribution in [0.3, 0.4) is 0 Å². The number of benzene rings is 8. The van der Waals surface area contributed by atoms with Gasteiger partial charge in [0.05, 0.1) is 16.6 Å². The fourth-order valence-corrected chi connectivity index (χ4v) is 8.25. The minimum absolute atomic E-state index is 0.614. The minimum Gasteiger partial charge on any atom is -0.293 e. The highest BCUT2D eigenvalue weighted by atomic mass is 15.1. The highest BCUT2D eigenvalue weighted by Gasteiger charge is 2.22. The number of hydrogen-bond acceptors (Lipinski definition) is 3. The van der Waals surface area contributed by atoms with E-state index in [-0.39, 0.29) is 0 Å². The molecule has 0 spiro atoms. The third kappa shape index (κ3) is 5.76. The molecule has 11 aromatic rings. The van der Waals surface area contributed by atoms with Gasteiger partial charge < -0.3 is 0 Å². The van der Waals surface area contributed by atoms with Gasteiger partial charge in [-0.3, -0.25) is 8.97 Å². The molecule has 5 nitrogen and oxygen atoms in total. The van der Waals surface area contributed by atoms with E-state index in [0.29, 0.717) is 17.5 Å². The number of hydrogen-bond donors (Lipinski definition) is 0. The summed E-state index contributed by atoms with van der Waals surface area (Å²) < 4.78 is 4.79. The number of para-hydroxylation sites is 3. The summed E-state index contributed by atoms with van der Waals surface area (Å²) in [7, 11) is 0. The lowest BCUT2D eigenvalue weighted by Gasteiger charge is -2.12. The first-order valence-corrected chi connectivity index (χ1v) is 19.5. The first-order chi connectivity index (χ1) is 28.8. The van der Waals surface area contributed by atoms with E-state index in [2.05, 4.69) is 209 Å². The van der Waals surface area contributed by atoms with Crippen molar-refractivity contribution in [1.82, 2.24) is 23.9 Å². The Labute approximate surface area is 335 Å². The molecular formula is C53H35N5. The van der Waals surface area contributed by atoms with E-state index in [1.54, 1.807) is 0 Å². The van der Waals surface area contributed by atoms with Gasteiger partial charge in [-0.15, -0.1) is 0 Å². The fourth-order valence-electron chi connectivity index (χ4n) is 8.25. The number of aromatic nitrogens is 5. The molecule has 0 radical (unpaired) electrons. The molecule has 0 N–H and O–H groups in total. The molecular weight excluding hydrogens is 707 g/mol. The van der Waals surface area contributed by atoms with Crippen LogP contribution in [0.25, 0.3) is 101 Å². The standard InChI is InChI=1S/C53H35N5/c1-4-16-36(17-5-1)40-22-14-24-42(34-40)51-54-50(55-52(56-51)43-25-15-23-41(35-43)37-18-6-2-7-19-37)39-30-32-44(33-31-39)57-47-28-12-13-29-48(47)58-46-27-11-10-26-45(46)49(53(57)58)38-20-8-3-9-21-38/h1-35H. The maximum atomic E-state index is 5.16. The number of rotatable bonds is 7. The molecule has 0 bridgehead atoms. The van der Waals surface area contributed by atoms with Crippen LogP contribution in [0.15, 0.2) is 212 Å². The molecule has 58 heavy (non-hydrogen) atoms. The van der Waals surface area contributed by atoms with Gasteiger partial charge in [0.2, 0.25) is 0 Å². The van der Waals surface area contributed by atoms with Crippen molar-refractivity contribution >= 4 is 27.6 Å². The van der Waals surface area contributed by atoms with E-state index in [0.717, 1.165) is 61.3 Å². The van der Waals surface area contributed by atoms with E-state index in [1.807, 2.05) is 12.1 Å². The van der Waals surface area contributed by atoms with Crippen molar-refractivity contribution in [1.29, 1.82) is 0 Å². The summed E-state index contributed by atoms with van der Waals surface area (Å²) in [6, 6.07) is 74.4. The average Bonchev–Trinajstić information content (AvgIpc) is 3.82. The van der Waals surface area contributed by atoms with Gasteiger partial charge in [0.25, 0.3) is 0 Å². The van der Waals surface area contributed by atoms with E-state index < -0.39 is 0 Å². The van der Waals surface area contributed by atoms with Crippen LogP contribution in [0.1, 0.15) is 0 Å². The Morgan fingerprint density at radius 3 is 1.29 bits per heavy atom. The molecule has 0 fully saturated rings. The minimum atomic E-state index is 0.614. The van der Waals surface area contributed by atoms with Gasteiger partial charge in [0, 0.05) is 33.3 Å². The van der Waals surface area contributed by atoms with Gasteiger partial charge in [-0.2, -0.15) is 0 Å². The van der Waals surface area contributed by atoms with Crippen molar-refractivity contribution in [2.24, 2.45) is 0 Å². The maximum Gasteiger partial charge on any atom is 0.164 e. The maximum absolute atomic E-state index is 5.16. The first-order valence-electron chi connectivity index (χ1n) is 19.5. The molecule has 272 valence electrons. The molecule has 3 aromatic heterocycles. The molecule has 0 aliphatic heterocycles. The van der Waals surface area contributed by atoms with E-state index >= 15 is 0 Å². The lowest BCUT2D eigenvalue weighted by molar-refractivity contribution is 1.07. The Bertz CT molecular complexity index is 3150. The van der Waals surface area contributed by atoms with Crippen LogP contribution in [0.2, 0.25) is 0 Å². The number of fused-ring (bicyclic) bond motifs is 5. The zero-order valence-electron chi connectivity index (χ0n) is 31.4.